The molecule has 0 aromatic heterocycles. The van der Waals surface area contributed by atoms with Crippen molar-refractivity contribution in [3.63, 3.8) is 0 Å². The molecule has 0 saturated carbocycles. The van der Waals surface area contributed by atoms with Crippen LogP contribution in [0.5, 0.6) is 0 Å². The molecule has 11 heavy (non-hydrogen) atoms. The third-order valence-corrected chi connectivity index (χ3v) is 2.02. The Balaban J connectivity index is 2.38. The summed E-state index contributed by atoms with van der Waals surface area (Å²) in [6.07, 6.45) is 11.8. The molecule has 1 rings (SSSR count). The standard InChI is InChI=1S/C10H14O/c1-2-3-5-9-6-4-7-10(11)8-9/h1,8,10-11H,3-7H2. The predicted octanol–water partition coefficient (Wildman–Crippen LogP) is 1.87. The Labute approximate surface area is 68.1 Å². The first-order chi connectivity index (χ1) is 5.33. The molecule has 1 nitrogen and oxygen atoms in total. The molecule has 0 heterocycles. The normalized spacial score (nSPS) is 24.0. The van der Waals surface area contributed by atoms with Gasteiger partial charge in [-0.3, -0.25) is 0 Å². The van der Waals surface area contributed by atoms with Crippen molar-refractivity contribution in [2.45, 2.75) is 38.2 Å². The van der Waals surface area contributed by atoms with Crippen molar-refractivity contribution in [2.24, 2.45) is 0 Å². The second kappa shape index (κ2) is 4.20. The molecule has 0 amide bonds. The summed E-state index contributed by atoms with van der Waals surface area (Å²) in [4.78, 5) is 0. The molecule has 0 aromatic rings. The van der Waals surface area contributed by atoms with Crippen LogP contribution >= 0.6 is 0 Å². The highest BCUT2D eigenvalue weighted by Crippen LogP contribution is 2.21. The van der Waals surface area contributed by atoms with E-state index in [0.717, 1.165) is 32.1 Å². The lowest BCUT2D eigenvalue weighted by Gasteiger charge is -2.15. The van der Waals surface area contributed by atoms with Crippen molar-refractivity contribution < 1.29 is 5.11 Å². The lowest BCUT2D eigenvalue weighted by atomic mass is 9.94. The fourth-order valence-electron chi connectivity index (χ4n) is 1.42. The number of terminal acetylenes is 1. The summed E-state index contributed by atoms with van der Waals surface area (Å²) in [6, 6.07) is 0. The zero-order chi connectivity index (χ0) is 8.10. The Kier molecular flexibility index (Phi) is 3.19. The minimum Gasteiger partial charge on any atom is -0.389 e. The molecular weight excluding hydrogens is 136 g/mol. The Morgan fingerprint density at radius 2 is 2.55 bits per heavy atom. The van der Waals surface area contributed by atoms with Gasteiger partial charge in [0.25, 0.3) is 0 Å². The summed E-state index contributed by atoms with van der Waals surface area (Å²) < 4.78 is 0. The number of hydrogen-bond acceptors (Lipinski definition) is 1. The molecule has 0 bridgehead atoms. The summed E-state index contributed by atoms with van der Waals surface area (Å²) in [5.74, 6) is 2.61. The van der Waals surface area contributed by atoms with Gasteiger partial charge in [0.15, 0.2) is 0 Å². The van der Waals surface area contributed by atoms with Gasteiger partial charge in [-0.15, -0.1) is 12.3 Å². The molecule has 1 atom stereocenters. The van der Waals surface area contributed by atoms with Crippen LogP contribution in [0.3, 0.4) is 0 Å². The molecule has 0 fully saturated rings. The Morgan fingerprint density at radius 1 is 1.73 bits per heavy atom. The van der Waals surface area contributed by atoms with E-state index in [1.54, 1.807) is 0 Å². The average Bonchev–Trinajstić information content (AvgIpc) is 2.01. The van der Waals surface area contributed by atoms with Gasteiger partial charge in [0.1, 0.15) is 0 Å². The highest BCUT2D eigenvalue weighted by Gasteiger charge is 2.09. The van der Waals surface area contributed by atoms with E-state index in [0.29, 0.717) is 0 Å². The van der Waals surface area contributed by atoms with Crippen molar-refractivity contribution in [3.8, 4) is 12.3 Å². The number of hydrogen-bond donors (Lipinski definition) is 1. The molecule has 0 spiro atoms. The quantitative estimate of drug-likeness (QED) is 0.470. The van der Waals surface area contributed by atoms with Crippen LogP contribution in [0.2, 0.25) is 0 Å². The first-order valence-corrected chi connectivity index (χ1v) is 4.14. The highest BCUT2D eigenvalue weighted by atomic mass is 16.3. The maximum atomic E-state index is 9.25. The summed E-state index contributed by atoms with van der Waals surface area (Å²) in [6.45, 7) is 0. The van der Waals surface area contributed by atoms with E-state index in [9.17, 15) is 5.11 Å². The zero-order valence-electron chi connectivity index (χ0n) is 6.71. The fraction of sp³-hybridized carbons (Fsp3) is 0.600. The minimum atomic E-state index is -0.212. The Bertz CT molecular complexity index is 186. The van der Waals surface area contributed by atoms with Gasteiger partial charge >= 0.3 is 0 Å². The van der Waals surface area contributed by atoms with Crippen LogP contribution in [-0.2, 0) is 0 Å². The van der Waals surface area contributed by atoms with Crippen molar-refractivity contribution in [2.75, 3.05) is 0 Å². The van der Waals surface area contributed by atoms with E-state index in [4.69, 9.17) is 6.42 Å². The highest BCUT2D eigenvalue weighted by molar-refractivity contribution is 5.10. The van der Waals surface area contributed by atoms with Crippen LogP contribution in [0, 0.1) is 12.3 Å². The monoisotopic (exact) mass is 150 g/mol. The van der Waals surface area contributed by atoms with E-state index in [-0.39, 0.29) is 6.10 Å². The third-order valence-electron chi connectivity index (χ3n) is 2.02. The van der Waals surface area contributed by atoms with Crippen molar-refractivity contribution >= 4 is 0 Å². The van der Waals surface area contributed by atoms with Crippen LogP contribution in [0.25, 0.3) is 0 Å². The van der Waals surface area contributed by atoms with Gasteiger partial charge in [-0.1, -0.05) is 11.6 Å². The molecular formula is C10H14O. The third kappa shape index (κ3) is 2.78. The first-order valence-electron chi connectivity index (χ1n) is 4.14. The van der Waals surface area contributed by atoms with Crippen LogP contribution in [0.1, 0.15) is 32.1 Å². The number of aliphatic hydroxyl groups is 1. The van der Waals surface area contributed by atoms with Gasteiger partial charge in [0.05, 0.1) is 6.10 Å². The number of aliphatic hydroxyl groups excluding tert-OH is 1. The smallest absolute Gasteiger partial charge is 0.0723 e. The summed E-state index contributed by atoms with van der Waals surface area (Å²) in [5, 5.41) is 9.25. The molecule has 1 heteroatoms. The zero-order valence-corrected chi connectivity index (χ0v) is 6.71. The minimum absolute atomic E-state index is 0.212. The Morgan fingerprint density at radius 3 is 3.18 bits per heavy atom. The largest absolute Gasteiger partial charge is 0.389 e. The van der Waals surface area contributed by atoms with Crippen LogP contribution < -0.4 is 0 Å². The fourth-order valence-corrected chi connectivity index (χ4v) is 1.42. The van der Waals surface area contributed by atoms with E-state index in [1.807, 2.05) is 6.08 Å². The molecule has 1 aliphatic rings. The van der Waals surface area contributed by atoms with Crippen molar-refractivity contribution in [1.29, 1.82) is 0 Å². The second-order valence-electron chi connectivity index (χ2n) is 2.99. The van der Waals surface area contributed by atoms with Gasteiger partial charge in [-0.2, -0.15) is 0 Å². The average molecular weight is 150 g/mol. The van der Waals surface area contributed by atoms with E-state index >= 15 is 0 Å². The molecule has 1 N–H and O–H groups in total. The molecule has 1 aliphatic carbocycles. The van der Waals surface area contributed by atoms with Gasteiger partial charge in [-0.25, -0.2) is 0 Å². The first kappa shape index (κ1) is 8.36. The number of allylic oxidation sites excluding steroid dienone is 1. The summed E-state index contributed by atoms with van der Waals surface area (Å²) in [7, 11) is 0. The molecule has 0 aliphatic heterocycles. The number of rotatable bonds is 2. The molecule has 1 unspecified atom stereocenters. The molecule has 0 saturated heterocycles. The van der Waals surface area contributed by atoms with Gasteiger partial charge < -0.3 is 5.11 Å². The maximum absolute atomic E-state index is 9.25. The molecule has 0 radical (unpaired) electrons. The van der Waals surface area contributed by atoms with Crippen LogP contribution in [0.4, 0.5) is 0 Å². The lowest BCUT2D eigenvalue weighted by Crippen LogP contribution is -2.08. The molecule has 0 aromatic carbocycles. The van der Waals surface area contributed by atoms with Crippen molar-refractivity contribution in [1.82, 2.24) is 0 Å². The van der Waals surface area contributed by atoms with Gasteiger partial charge in [0, 0.05) is 6.42 Å². The summed E-state index contributed by atoms with van der Waals surface area (Å²) in [5.41, 5.74) is 1.33. The Hall–Kier alpha value is -0.740. The van der Waals surface area contributed by atoms with Gasteiger partial charge in [0.2, 0.25) is 0 Å². The van der Waals surface area contributed by atoms with Crippen LogP contribution in [-0.4, -0.2) is 11.2 Å². The topological polar surface area (TPSA) is 20.2 Å². The second-order valence-corrected chi connectivity index (χ2v) is 2.99. The van der Waals surface area contributed by atoms with Crippen molar-refractivity contribution in [3.05, 3.63) is 11.6 Å². The lowest BCUT2D eigenvalue weighted by molar-refractivity contribution is 0.201. The SMILES string of the molecule is C#CCCC1=CC(O)CCC1. The van der Waals surface area contributed by atoms with Gasteiger partial charge in [-0.05, 0) is 25.7 Å². The predicted molar refractivity (Wildman–Crippen MR) is 46.0 cm³/mol. The van der Waals surface area contributed by atoms with Crippen LogP contribution in [0.15, 0.2) is 11.6 Å². The molecule has 60 valence electrons. The van der Waals surface area contributed by atoms with E-state index in [1.165, 1.54) is 5.57 Å². The van der Waals surface area contributed by atoms with E-state index in [2.05, 4.69) is 5.92 Å². The maximum Gasteiger partial charge on any atom is 0.0723 e. The van der Waals surface area contributed by atoms with E-state index < -0.39 is 0 Å². The summed E-state index contributed by atoms with van der Waals surface area (Å²) >= 11 is 0.